The number of halogens is 1. The fourth-order valence-electron chi connectivity index (χ4n) is 2.13. The third-order valence-electron chi connectivity index (χ3n) is 3.40. The molecule has 2 aromatic carbocycles. The monoisotopic (exact) mass is 360 g/mol. The normalized spacial score (nSPS) is 10.1. The van der Waals surface area contributed by atoms with Crippen LogP contribution in [-0.4, -0.2) is 25.0 Å². The zero-order valence-corrected chi connectivity index (χ0v) is 14.5. The van der Waals surface area contributed by atoms with Gasteiger partial charge in [-0.05, 0) is 43.2 Å². The first-order chi connectivity index (χ1) is 12.6. The van der Waals surface area contributed by atoms with Crippen LogP contribution in [0, 0.1) is 5.82 Å². The van der Waals surface area contributed by atoms with E-state index in [2.05, 4.69) is 10.9 Å². The van der Waals surface area contributed by atoms with Crippen LogP contribution < -0.4 is 20.3 Å². The summed E-state index contributed by atoms with van der Waals surface area (Å²) in [6.07, 6.45) is 0.611. The SMILES string of the molecule is CCOc1ccccc1OCC(=O)NNC(=O)CCc1ccc(F)cc1. The van der Waals surface area contributed by atoms with Crippen LogP contribution in [0.1, 0.15) is 18.9 Å². The molecule has 0 spiro atoms. The molecule has 6 nitrogen and oxygen atoms in total. The second-order valence-electron chi connectivity index (χ2n) is 5.39. The van der Waals surface area contributed by atoms with Gasteiger partial charge >= 0.3 is 0 Å². The maximum absolute atomic E-state index is 12.8. The van der Waals surface area contributed by atoms with Crippen LogP contribution in [-0.2, 0) is 16.0 Å². The number of aryl methyl sites for hydroxylation is 1. The molecule has 26 heavy (non-hydrogen) atoms. The lowest BCUT2D eigenvalue weighted by Crippen LogP contribution is -2.43. The van der Waals surface area contributed by atoms with Crippen LogP contribution in [0.15, 0.2) is 48.5 Å². The number of hydrogen-bond donors (Lipinski definition) is 2. The number of amides is 2. The Labute approximate surface area is 151 Å². The third-order valence-corrected chi connectivity index (χ3v) is 3.40. The fraction of sp³-hybridized carbons (Fsp3) is 0.263. The minimum Gasteiger partial charge on any atom is -0.490 e. The first-order valence-corrected chi connectivity index (χ1v) is 8.25. The molecule has 0 aromatic heterocycles. The third kappa shape index (κ3) is 6.43. The van der Waals surface area contributed by atoms with Crippen molar-refractivity contribution < 1.29 is 23.5 Å². The maximum Gasteiger partial charge on any atom is 0.276 e. The van der Waals surface area contributed by atoms with Crippen LogP contribution in [0.25, 0.3) is 0 Å². The smallest absolute Gasteiger partial charge is 0.276 e. The van der Waals surface area contributed by atoms with Crippen molar-refractivity contribution >= 4 is 11.8 Å². The van der Waals surface area contributed by atoms with Crippen molar-refractivity contribution in [2.45, 2.75) is 19.8 Å². The van der Waals surface area contributed by atoms with E-state index in [1.54, 1.807) is 36.4 Å². The van der Waals surface area contributed by atoms with Gasteiger partial charge in [-0.3, -0.25) is 20.4 Å². The second-order valence-corrected chi connectivity index (χ2v) is 5.39. The van der Waals surface area contributed by atoms with Gasteiger partial charge in [0.2, 0.25) is 5.91 Å². The van der Waals surface area contributed by atoms with Crippen molar-refractivity contribution in [3.8, 4) is 11.5 Å². The zero-order chi connectivity index (χ0) is 18.8. The van der Waals surface area contributed by atoms with Crippen LogP contribution in [0.3, 0.4) is 0 Å². The second kappa shape index (κ2) is 10.0. The Kier molecular flexibility index (Phi) is 7.42. The van der Waals surface area contributed by atoms with Crippen LogP contribution >= 0.6 is 0 Å². The van der Waals surface area contributed by atoms with Gasteiger partial charge in [-0.25, -0.2) is 4.39 Å². The Hall–Kier alpha value is -3.09. The number of hydrazine groups is 1. The summed E-state index contributed by atoms with van der Waals surface area (Å²) >= 11 is 0. The first kappa shape index (κ1) is 19.2. The van der Waals surface area contributed by atoms with Gasteiger partial charge in [0, 0.05) is 6.42 Å². The van der Waals surface area contributed by atoms with Crippen molar-refractivity contribution in [1.29, 1.82) is 0 Å². The molecular formula is C19H21FN2O4. The van der Waals surface area contributed by atoms with E-state index >= 15 is 0 Å². The van der Waals surface area contributed by atoms with Gasteiger partial charge in [0.05, 0.1) is 6.61 Å². The van der Waals surface area contributed by atoms with E-state index in [0.717, 1.165) is 5.56 Å². The molecule has 0 aliphatic rings. The van der Waals surface area contributed by atoms with E-state index in [1.807, 2.05) is 6.92 Å². The highest BCUT2D eigenvalue weighted by Gasteiger charge is 2.09. The molecule has 0 bridgehead atoms. The number of carbonyl (C=O) groups is 2. The van der Waals surface area contributed by atoms with Gasteiger partial charge in [0.25, 0.3) is 5.91 Å². The molecule has 0 saturated carbocycles. The van der Waals surface area contributed by atoms with Crippen LogP contribution in [0.4, 0.5) is 4.39 Å². The summed E-state index contributed by atoms with van der Waals surface area (Å²) in [4.78, 5) is 23.5. The molecule has 2 rings (SSSR count). The number of ether oxygens (including phenoxy) is 2. The highest BCUT2D eigenvalue weighted by Crippen LogP contribution is 2.26. The van der Waals surface area contributed by atoms with Crippen LogP contribution in [0.2, 0.25) is 0 Å². The van der Waals surface area contributed by atoms with Gasteiger partial charge in [0.15, 0.2) is 18.1 Å². The molecule has 0 fully saturated rings. The van der Waals surface area contributed by atoms with E-state index in [0.29, 0.717) is 24.5 Å². The summed E-state index contributed by atoms with van der Waals surface area (Å²) in [5, 5.41) is 0. The number of nitrogens with one attached hydrogen (secondary N) is 2. The Morgan fingerprint density at radius 1 is 0.923 bits per heavy atom. The highest BCUT2D eigenvalue weighted by atomic mass is 19.1. The lowest BCUT2D eigenvalue weighted by Gasteiger charge is -2.12. The fourth-order valence-corrected chi connectivity index (χ4v) is 2.13. The number of para-hydroxylation sites is 2. The van der Waals surface area contributed by atoms with Crippen molar-refractivity contribution in [2.24, 2.45) is 0 Å². The summed E-state index contributed by atoms with van der Waals surface area (Å²) in [5.41, 5.74) is 5.44. The summed E-state index contributed by atoms with van der Waals surface area (Å²) < 4.78 is 23.6. The molecule has 0 heterocycles. The van der Waals surface area contributed by atoms with E-state index in [1.165, 1.54) is 12.1 Å². The molecule has 138 valence electrons. The highest BCUT2D eigenvalue weighted by molar-refractivity contribution is 5.82. The van der Waals surface area contributed by atoms with E-state index in [-0.39, 0.29) is 24.8 Å². The Morgan fingerprint density at radius 2 is 1.54 bits per heavy atom. The molecule has 0 aliphatic carbocycles. The van der Waals surface area contributed by atoms with Gasteiger partial charge in [0.1, 0.15) is 5.82 Å². The van der Waals surface area contributed by atoms with Gasteiger partial charge < -0.3 is 9.47 Å². The predicted octanol–water partition coefficient (Wildman–Crippen LogP) is 2.38. The maximum atomic E-state index is 12.8. The molecular weight excluding hydrogens is 339 g/mol. The largest absolute Gasteiger partial charge is 0.490 e. The molecule has 0 atom stereocenters. The molecule has 7 heteroatoms. The molecule has 2 N–H and O–H groups in total. The molecule has 2 amide bonds. The van der Waals surface area contributed by atoms with E-state index < -0.39 is 5.91 Å². The van der Waals surface area contributed by atoms with Crippen molar-refractivity contribution in [3.63, 3.8) is 0 Å². The van der Waals surface area contributed by atoms with Crippen molar-refractivity contribution in [1.82, 2.24) is 10.9 Å². The van der Waals surface area contributed by atoms with Crippen LogP contribution in [0.5, 0.6) is 11.5 Å². The molecule has 0 saturated heterocycles. The number of hydrogen-bond acceptors (Lipinski definition) is 4. The number of benzene rings is 2. The van der Waals surface area contributed by atoms with E-state index in [4.69, 9.17) is 9.47 Å². The number of rotatable bonds is 8. The van der Waals surface area contributed by atoms with E-state index in [9.17, 15) is 14.0 Å². The van der Waals surface area contributed by atoms with Crippen molar-refractivity contribution in [2.75, 3.05) is 13.2 Å². The summed E-state index contributed by atoms with van der Waals surface area (Å²) in [7, 11) is 0. The average Bonchev–Trinajstić information content (AvgIpc) is 2.65. The first-order valence-electron chi connectivity index (χ1n) is 8.25. The summed E-state index contributed by atoms with van der Waals surface area (Å²) in [6.45, 7) is 2.07. The summed E-state index contributed by atoms with van der Waals surface area (Å²) in [6, 6.07) is 12.9. The van der Waals surface area contributed by atoms with Gasteiger partial charge in [-0.15, -0.1) is 0 Å². The quantitative estimate of drug-likeness (QED) is 0.709. The standard InChI is InChI=1S/C19H21FN2O4/c1-2-25-16-5-3-4-6-17(16)26-13-19(24)22-21-18(23)12-9-14-7-10-15(20)11-8-14/h3-8,10-11H,2,9,12-13H2,1H3,(H,21,23)(H,22,24). The average molecular weight is 360 g/mol. The predicted molar refractivity (Wildman–Crippen MR) is 94.1 cm³/mol. The minimum atomic E-state index is -0.494. The minimum absolute atomic E-state index is 0.167. The lowest BCUT2D eigenvalue weighted by atomic mass is 10.1. The Morgan fingerprint density at radius 3 is 2.19 bits per heavy atom. The zero-order valence-electron chi connectivity index (χ0n) is 14.5. The number of carbonyl (C=O) groups excluding carboxylic acids is 2. The molecule has 0 aliphatic heterocycles. The molecule has 2 aromatic rings. The van der Waals surface area contributed by atoms with Crippen molar-refractivity contribution in [3.05, 3.63) is 59.9 Å². The Bertz CT molecular complexity index is 735. The molecule has 0 radical (unpaired) electrons. The summed E-state index contributed by atoms with van der Waals surface area (Å²) in [5.74, 6) is -0.168. The lowest BCUT2D eigenvalue weighted by molar-refractivity contribution is -0.130. The van der Waals surface area contributed by atoms with Gasteiger partial charge in [-0.1, -0.05) is 24.3 Å². The topological polar surface area (TPSA) is 76.7 Å². The Balaban J connectivity index is 1.69. The molecule has 0 unspecified atom stereocenters. The van der Waals surface area contributed by atoms with Gasteiger partial charge in [-0.2, -0.15) is 0 Å².